The second kappa shape index (κ2) is 13.9. The number of para-hydroxylation sites is 1. The number of methoxy groups -OCH3 is 1. The number of nitrogens with one attached hydrogen (secondary N) is 1. The van der Waals surface area contributed by atoms with E-state index in [1.165, 1.54) is 12.0 Å². The SMILES string of the molecule is COc1cc(/C=C(\C)CC[C@H]2OB(O)C[C@H]3C2=C(C(C)C)C[C@H]2C(=O)N(c4ccc(Nc5ccccc5)cc4)C(=O)[C@H]23)cc(I)c1O. The van der Waals surface area contributed by atoms with Crippen molar-refractivity contribution in [3.8, 4) is 11.5 Å². The summed E-state index contributed by atoms with van der Waals surface area (Å²) in [6.45, 7) is 6.31. The molecule has 0 unspecified atom stereocenters. The van der Waals surface area contributed by atoms with E-state index in [9.17, 15) is 19.7 Å². The molecular weight excluding hydrogens is 706 g/mol. The lowest BCUT2D eigenvalue weighted by Crippen LogP contribution is -2.46. The van der Waals surface area contributed by atoms with E-state index >= 15 is 0 Å². The Labute approximate surface area is 290 Å². The van der Waals surface area contributed by atoms with Crippen LogP contribution in [0.15, 0.2) is 83.4 Å². The van der Waals surface area contributed by atoms with Gasteiger partial charge in [-0.2, -0.15) is 0 Å². The number of hydrogen-bond acceptors (Lipinski definition) is 7. The number of benzene rings is 3. The van der Waals surface area contributed by atoms with Crippen molar-refractivity contribution in [3.63, 3.8) is 0 Å². The maximum absolute atomic E-state index is 14.2. The molecule has 47 heavy (non-hydrogen) atoms. The van der Waals surface area contributed by atoms with Crippen molar-refractivity contribution in [1.82, 2.24) is 0 Å². The van der Waals surface area contributed by atoms with Crippen LogP contribution >= 0.6 is 22.6 Å². The average molecular weight is 746 g/mol. The number of aromatic hydroxyl groups is 1. The molecule has 2 fully saturated rings. The molecule has 4 atom stereocenters. The fraction of sp³-hybridized carbons (Fsp3) is 0.351. The van der Waals surface area contributed by atoms with Crippen molar-refractivity contribution in [1.29, 1.82) is 0 Å². The van der Waals surface area contributed by atoms with Crippen molar-refractivity contribution in [2.75, 3.05) is 17.3 Å². The first kappa shape index (κ1) is 33.3. The van der Waals surface area contributed by atoms with Crippen LogP contribution in [0.1, 0.15) is 45.6 Å². The number of phenols is 1. The summed E-state index contributed by atoms with van der Waals surface area (Å²) in [4.78, 5) is 29.5. The molecule has 2 heterocycles. The topological polar surface area (TPSA) is 108 Å². The van der Waals surface area contributed by atoms with Crippen molar-refractivity contribution in [2.45, 2.75) is 52.5 Å². The number of anilines is 3. The van der Waals surface area contributed by atoms with Gasteiger partial charge < -0.3 is 24.8 Å². The minimum atomic E-state index is -1.02. The third-order valence-electron chi connectivity index (χ3n) is 9.61. The summed E-state index contributed by atoms with van der Waals surface area (Å²) in [5, 5.41) is 24.5. The molecular formula is C37H40BIN2O6. The van der Waals surface area contributed by atoms with Crippen LogP contribution in [0.3, 0.4) is 0 Å². The van der Waals surface area contributed by atoms with Gasteiger partial charge in [0.15, 0.2) is 11.5 Å². The standard InChI is InChI=1S/C37H40BIN2O6/c1-21(2)27-19-28-34(37(44)41(36(28)43)26-13-11-25(12-14-26)40-24-8-6-5-7-9-24)29-20-38(45)47-31(33(27)29)15-10-22(3)16-23-17-30(39)35(42)32(18-23)46-4/h5-9,11-14,16-18,21,28-29,31,34,40,42,45H,10,15,19-20H2,1-4H3/b22-16+/t28-,29+,31-,34-/m1/s1. The van der Waals surface area contributed by atoms with Gasteiger partial charge in [0.25, 0.3) is 0 Å². The highest BCUT2D eigenvalue weighted by atomic mass is 127. The second-order valence-corrected chi connectivity index (χ2v) is 14.2. The molecule has 0 saturated carbocycles. The maximum atomic E-state index is 14.2. The fourth-order valence-corrected chi connectivity index (χ4v) is 8.06. The molecule has 0 spiro atoms. The van der Waals surface area contributed by atoms with E-state index in [0.717, 1.165) is 33.7 Å². The van der Waals surface area contributed by atoms with Crippen LogP contribution < -0.4 is 15.0 Å². The van der Waals surface area contributed by atoms with Crippen molar-refractivity contribution in [2.24, 2.45) is 23.7 Å². The van der Waals surface area contributed by atoms with Crippen LogP contribution in [0, 0.1) is 27.2 Å². The van der Waals surface area contributed by atoms with Gasteiger partial charge in [0.2, 0.25) is 11.8 Å². The number of phenolic OH excluding ortho intramolecular Hbond substituents is 1. The Morgan fingerprint density at radius 2 is 1.79 bits per heavy atom. The third-order valence-corrected chi connectivity index (χ3v) is 10.4. The molecule has 8 nitrogen and oxygen atoms in total. The zero-order valence-corrected chi connectivity index (χ0v) is 29.2. The average Bonchev–Trinajstić information content (AvgIpc) is 3.30. The summed E-state index contributed by atoms with van der Waals surface area (Å²) in [7, 11) is 0.512. The highest BCUT2D eigenvalue weighted by molar-refractivity contribution is 14.1. The number of fused-ring (bicyclic) bond motifs is 3. The van der Waals surface area contributed by atoms with Crippen LogP contribution in [-0.4, -0.2) is 42.3 Å². The van der Waals surface area contributed by atoms with Crippen LogP contribution in [-0.2, 0) is 14.2 Å². The van der Waals surface area contributed by atoms with Gasteiger partial charge in [-0.25, -0.2) is 0 Å². The minimum Gasteiger partial charge on any atom is -0.504 e. The molecule has 0 bridgehead atoms. The number of rotatable bonds is 9. The predicted molar refractivity (Wildman–Crippen MR) is 194 cm³/mol. The zero-order valence-electron chi connectivity index (χ0n) is 27.1. The lowest BCUT2D eigenvalue weighted by Gasteiger charge is -2.44. The third kappa shape index (κ3) is 6.73. The summed E-state index contributed by atoms with van der Waals surface area (Å²) >= 11 is 2.09. The lowest BCUT2D eigenvalue weighted by molar-refractivity contribution is -0.122. The summed E-state index contributed by atoms with van der Waals surface area (Å²) in [5.74, 6) is -0.929. The van der Waals surface area contributed by atoms with E-state index in [2.05, 4.69) is 54.8 Å². The molecule has 10 heteroatoms. The number of ether oxygens (including phenoxy) is 1. The monoisotopic (exact) mass is 746 g/mol. The molecule has 3 N–H and O–H groups in total. The highest BCUT2D eigenvalue weighted by Gasteiger charge is 2.57. The first-order valence-corrected chi connectivity index (χ1v) is 17.2. The molecule has 2 aliphatic heterocycles. The Bertz CT molecular complexity index is 1720. The number of halogens is 1. The Hall–Kier alpha value is -3.61. The normalized spacial score (nSPS) is 22.9. The first-order chi connectivity index (χ1) is 22.5. The van der Waals surface area contributed by atoms with Gasteiger partial charge in [0.1, 0.15) is 0 Å². The number of amides is 2. The lowest BCUT2D eigenvalue weighted by atomic mass is 9.57. The molecule has 3 aromatic rings. The van der Waals surface area contributed by atoms with Gasteiger partial charge in [-0.05, 0) is 127 Å². The molecule has 6 rings (SSSR count). The van der Waals surface area contributed by atoms with Gasteiger partial charge in [0, 0.05) is 11.4 Å². The van der Waals surface area contributed by atoms with E-state index < -0.39 is 19.0 Å². The number of carbonyl (C=O) groups excluding carboxylic acids is 2. The van der Waals surface area contributed by atoms with Crippen LogP contribution in [0.25, 0.3) is 6.08 Å². The van der Waals surface area contributed by atoms with E-state index in [1.807, 2.05) is 60.7 Å². The Morgan fingerprint density at radius 1 is 1.09 bits per heavy atom. The van der Waals surface area contributed by atoms with E-state index in [4.69, 9.17) is 9.39 Å². The number of nitrogens with zero attached hydrogens (tertiary/aromatic N) is 1. The van der Waals surface area contributed by atoms with Crippen LogP contribution in [0.4, 0.5) is 17.1 Å². The molecule has 0 aromatic heterocycles. The van der Waals surface area contributed by atoms with Crippen LogP contribution in [0.2, 0.25) is 6.32 Å². The molecule has 3 aromatic carbocycles. The van der Waals surface area contributed by atoms with E-state index in [0.29, 0.717) is 34.3 Å². The maximum Gasteiger partial charge on any atom is 0.455 e. The molecule has 2 saturated heterocycles. The minimum absolute atomic E-state index is 0.123. The van der Waals surface area contributed by atoms with E-state index in [-0.39, 0.29) is 41.8 Å². The summed E-state index contributed by atoms with van der Waals surface area (Å²) in [5.41, 5.74) is 6.66. The summed E-state index contributed by atoms with van der Waals surface area (Å²) in [6, 6.07) is 20.9. The zero-order chi connectivity index (χ0) is 33.4. The Kier molecular flexibility index (Phi) is 9.82. The van der Waals surface area contributed by atoms with Crippen molar-refractivity contribution >= 4 is 64.7 Å². The number of hydrogen-bond donors (Lipinski definition) is 3. The Balaban J connectivity index is 1.23. The van der Waals surface area contributed by atoms with Gasteiger partial charge in [-0.3, -0.25) is 14.5 Å². The van der Waals surface area contributed by atoms with Gasteiger partial charge >= 0.3 is 7.12 Å². The van der Waals surface area contributed by atoms with Crippen molar-refractivity contribution in [3.05, 3.63) is 92.6 Å². The smallest absolute Gasteiger partial charge is 0.455 e. The van der Waals surface area contributed by atoms with Crippen molar-refractivity contribution < 1.29 is 29.1 Å². The van der Waals surface area contributed by atoms with Gasteiger partial charge in [-0.15, -0.1) is 0 Å². The largest absolute Gasteiger partial charge is 0.504 e. The van der Waals surface area contributed by atoms with Crippen LogP contribution in [0.5, 0.6) is 11.5 Å². The molecule has 1 aliphatic carbocycles. The van der Waals surface area contributed by atoms with Gasteiger partial charge in [-0.1, -0.05) is 49.3 Å². The first-order valence-electron chi connectivity index (χ1n) is 16.2. The number of allylic oxidation sites excluding steroid dienone is 2. The predicted octanol–water partition coefficient (Wildman–Crippen LogP) is 7.59. The molecule has 244 valence electrons. The quantitative estimate of drug-likeness (QED) is 0.0897. The number of carbonyl (C=O) groups is 2. The Morgan fingerprint density at radius 3 is 2.47 bits per heavy atom. The summed E-state index contributed by atoms with van der Waals surface area (Å²) in [6.07, 6.45) is 3.84. The van der Waals surface area contributed by atoms with Gasteiger partial charge in [0.05, 0.1) is 34.3 Å². The fourth-order valence-electron chi connectivity index (χ4n) is 7.43. The molecule has 0 radical (unpaired) electrons. The molecule has 2 amide bonds. The highest BCUT2D eigenvalue weighted by Crippen LogP contribution is 2.52. The summed E-state index contributed by atoms with van der Waals surface area (Å²) < 4.78 is 12.2. The molecule has 3 aliphatic rings. The van der Waals surface area contributed by atoms with E-state index in [1.54, 1.807) is 6.07 Å². The number of imide groups is 1. The second-order valence-electron chi connectivity index (χ2n) is 13.0.